The number of hydrogen-bond donors (Lipinski definition) is 3. The fourth-order valence-electron chi connectivity index (χ4n) is 4.55. The zero-order valence-corrected chi connectivity index (χ0v) is 22.4. The van der Waals surface area contributed by atoms with Crippen LogP contribution in [0.15, 0.2) is 60.7 Å². The molecule has 1 amide bonds. The minimum absolute atomic E-state index is 0.192. The lowest BCUT2D eigenvalue weighted by molar-refractivity contribution is 0.0934. The molecule has 0 aliphatic carbocycles. The van der Waals surface area contributed by atoms with E-state index in [1.54, 1.807) is 12.1 Å². The average molecular weight is 544 g/mol. The molecule has 1 unspecified atom stereocenters. The van der Waals surface area contributed by atoms with Crippen LogP contribution in [0.3, 0.4) is 0 Å². The standard InChI is InChI=1S/C29H32F3N3O2.CH4O/c1-20-3-2-4-21(13-20)19-33-8-7-26(16-22-14-24(30)18-25(31)15-22)34-29(36)23-5-6-28(27(32)17-23)35-9-11-37-12-10-35;1-2/h2-6,13-15,17-18,26,33H,7-12,16,19H2,1H3,(H,34,36);2H,1H3. The van der Waals surface area contributed by atoms with E-state index in [0.717, 1.165) is 18.7 Å². The van der Waals surface area contributed by atoms with Crippen LogP contribution < -0.4 is 15.5 Å². The van der Waals surface area contributed by atoms with E-state index in [2.05, 4.69) is 16.7 Å². The Balaban J connectivity index is 0.00000205. The number of aryl methyl sites for hydroxylation is 1. The van der Waals surface area contributed by atoms with Gasteiger partial charge in [-0.25, -0.2) is 13.2 Å². The minimum atomic E-state index is -0.668. The van der Waals surface area contributed by atoms with Crippen molar-refractivity contribution in [2.45, 2.75) is 32.4 Å². The van der Waals surface area contributed by atoms with Gasteiger partial charge in [-0.2, -0.15) is 0 Å². The van der Waals surface area contributed by atoms with Crippen molar-refractivity contribution >= 4 is 11.6 Å². The van der Waals surface area contributed by atoms with Gasteiger partial charge in [0.2, 0.25) is 0 Å². The van der Waals surface area contributed by atoms with Crippen LogP contribution in [-0.4, -0.2) is 57.0 Å². The Morgan fingerprint density at radius 2 is 1.69 bits per heavy atom. The number of ether oxygens (including phenoxy) is 1. The largest absolute Gasteiger partial charge is 0.400 e. The van der Waals surface area contributed by atoms with Gasteiger partial charge in [-0.1, -0.05) is 29.8 Å². The number of halogens is 3. The number of rotatable bonds is 10. The summed E-state index contributed by atoms with van der Waals surface area (Å²) >= 11 is 0. The Hall–Kier alpha value is -3.40. The van der Waals surface area contributed by atoms with Gasteiger partial charge in [0.05, 0.1) is 18.9 Å². The third-order valence-electron chi connectivity index (χ3n) is 6.38. The van der Waals surface area contributed by atoms with E-state index in [-0.39, 0.29) is 12.0 Å². The normalized spacial score (nSPS) is 13.8. The SMILES string of the molecule is CO.Cc1cccc(CNCCC(Cc2cc(F)cc(F)c2)NC(=O)c2ccc(N3CCOCC3)c(F)c2)c1. The van der Waals surface area contributed by atoms with E-state index in [1.165, 1.54) is 23.8 Å². The van der Waals surface area contributed by atoms with E-state index < -0.39 is 29.4 Å². The molecule has 6 nitrogen and oxygen atoms in total. The molecule has 3 aromatic carbocycles. The highest BCUT2D eigenvalue weighted by Gasteiger charge is 2.19. The highest BCUT2D eigenvalue weighted by atomic mass is 19.1. The number of hydrogen-bond acceptors (Lipinski definition) is 5. The highest BCUT2D eigenvalue weighted by molar-refractivity contribution is 5.94. The number of amides is 1. The molecule has 0 saturated carbocycles. The first-order chi connectivity index (χ1) is 18.9. The van der Waals surface area contributed by atoms with Gasteiger partial charge in [0.1, 0.15) is 17.5 Å². The molecule has 3 aromatic rings. The van der Waals surface area contributed by atoms with Crippen LogP contribution in [0.1, 0.15) is 33.5 Å². The molecular formula is C30H36F3N3O3. The van der Waals surface area contributed by atoms with Crippen LogP contribution in [0.2, 0.25) is 0 Å². The van der Waals surface area contributed by atoms with Gasteiger partial charge in [-0.05, 0) is 67.8 Å². The summed E-state index contributed by atoms with van der Waals surface area (Å²) in [5.41, 5.74) is 3.38. The Bertz CT molecular complexity index is 1200. The van der Waals surface area contributed by atoms with Gasteiger partial charge < -0.3 is 25.4 Å². The first-order valence-corrected chi connectivity index (χ1v) is 13.0. The summed E-state index contributed by atoms with van der Waals surface area (Å²) in [6.07, 6.45) is 0.755. The summed E-state index contributed by atoms with van der Waals surface area (Å²) in [7, 11) is 1.00. The van der Waals surface area contributed by atoms with Crippen molar-refractivity contribution in [1.29, 1.82) is 0 Å². The molecular weight excluding hydrogens is 507 g/mol. The van der Waals surface area contributed by atoms with E-state index >= 15 is 0 Å². The van der Waals surface area contributed by atoms with Crippen LogP contribution in [0.4, 0.5) is 18.9 Å². The first kappa shape index (κ1) is 30.1. The molecule has 1 aliphatic rings. The minimum Gasteiger partial charge on any atom is -0.400 e. The second kappa shape index (κ2) is 15.3. The Labute approximate surface area is 227 Å². The number of aliphatic hydroxyl groups is 1. The lowest BCUT2D eigenvalue weighted by atomic mass is 10.0. The molecule has 39 heavy (non-hydrogen) atoms. The topological polar surface area (TPSA) is 73.8 Å². The molecule has 1 saturated heterocycles. The number of benzene rings is 3. The van der Waals surface area contributed by atoms with Gasteiger partial charge in [0, 0.05) is 44.4 Å². The molecule has 0 aromatic heterocycles. The highest BCUT2D eigenvalue weighted by Crippen LogP contribution is 2.22. The molecule has 0 bridgehead atoms. The first-order valence-electron chi connectivity index (χ1n) is 13.0. The summed E-state index contributed by atoms with van der Waals surface area (Å²) in [5, 5.41) is 13.3. The number of nitrogens with zero attached hydrogens (tertiary/aromatic N) is 1. The van der Waals surface area contributed by atoms with E-state index in [4.69, 9.17) is 9.84 Å². The smallest absolute Gasteiger partial charge is 0.251 e. The molecule has 1 atom stereocenters. The maximum absolute atomic E-state index is 14.9. The second-order valence-corrected chi connectivity index (χ2v) is 9.37. The van der Waals surface area contributed by atoms with Crippen LogP contribution in [0, 0.1) is 24.4 Å². The average Bonchev–Trinajstić information content (AvgIpc) is 2.92. The zero-order chi connectivity index (χ0) is 28.2. The van der Waals surface area contributed by atoms with Crippen molar-refractivity contribution in [3.05, 3.63) is 100 Å². The lowest BCUT2D eigenvalue weighted by Crippen LogP contribution is -2.39. The molecule has 4 rings (SSSR count). The molecule has 0 spiro atoms. The van der Waals surface area contributed by atoms with Gasteiger partial charge in [-0.3, -0.25) is 4.79 Å². The van der Waals surface area contributed by atoms with E-state index in [1.807, 2.05) is 30.0 Å². The predicted octanol–water partition coefficient (Wildman–Crippen LogP) is 4.38. The number of aliphatic hydroxyl groups excluding tert-OH is 1. The Morgan fingerprint density at radius 3 is 2.36 bits per heavy atom. The molecule has 1 heterocycles. The van der Waals surface area contributed by atoms with Crippen molar-refractivity contribution in [2.24, 2.45) is 0 Å². The Kier molecular flexibility index (Phi) is 11.8. The summed E-state index contributed by atoms with van der Waals surface area (Å²) in [6.45, 7) is 5.49. The predicted molar refractivity (Wildman–Crippen MR) is 146 cm³/mol. The fourth-order valence-corrected chi connectivity index (χ4v) is 4.55. The van der Waals surface area contributed by atoms with Crippen molar-refractivity contribution in [1.82, 2.24) is 10.6 Å². The second-order valence-electron chi connectivity index (χ2n) is 9.37. The number of nitrogens with one attached hydrogen (secondary N) is 2. The third kappa shape index (κ3) is 9.38. The maximum atomic E-state index is 14.9. The molecule has 1 aliphatic heterocycles. The van der Waals surface area contributed by atoms with Crippen LogP contribution in [-0.2, 0) is 17.7 Å². The van der Waals surface area contributed by atoms with Crippen molar-refractivity contribution in [3.63, 3.8) is 0 Å². The fraction of sp³-hybridized carbons (Fsp3) is 0.367. The summed E-state index contributed by atoms with van der Waals surface area (Å²) in [5.74, 6) is -2.25. The number of carbonyl (C=O) groups is 1. The van der Waals surface area contributed by atoms with Gasteiger partial charge in [0.25, 0.3) is 5.91 Å². The molecule has 210 valence electrons. The van der Waals surface area contributed by atoms with Crippen molar-refractivity contribution < 1.29 is 27.8 Å². The van der Waals surface area contributed by atoms with Crippen molar-refractivity contribution in [3.8, 4) is 0 Å². The zero-order valence-electron chi connectivity index (χ0n) is 22.4. The number of morpholine rings is 1. The van der Waals surface area contributed by atoms with Crippen LogP contribution in [0.25, 0.3) is 0 Å². The van der Waals surface area contributed by atoms with Gasteiger partial charge in [0.15, 0.2) is 0 Å². The maximum Gasteiger partial charge on any atom is 0.251 e. The summed E-state index contributed by atoms with van der Waals surface area (Å²) < 4.78 is 47.7. The summed E-state index contributed by atoms with van der Waals surface area (Å²) in [6, 6.07) is 15.5. The van der Waals surface area contributed by atoms with E-state index in [9.17, 15) is 18.0 Å². The van der Waals surface area contributed by atoms with Crippen LogP contribution in [0.5, 0.6) is 0 Å². The quantitative estimate of drug-likeness (QED) is 0.331. The summed E-state index contributed by atoms with van der Waals surface area (Å²) in [4.78, 5) is 14.9. The molecule has 3 N–H and O–H groups in total. The van der Waals surface area contributed by atoms with Crippen LogP contribution >= 0.6 is 0 Å². The third-order valence-corrected chi connectivity index (χ3v) is 6.38. The van der Waals surface area contributed by atoms with E-state index in [0.29, 0.717) is 57.1 Å². The lowest BCUT2D eigenvalue weighted by Gasteiger charge is -2.29. The molecule has 0 radical (unpaired) electrons. The van der Waals surface area contributed by atoms with Crippen molar-refractivity contribution in [2.75, 3.05) is 44.9 Å². The monoisotopic (exact) mass is 543 g/mol. The van der Waals surface area contributed by atoms with Gasteiger partial charge in [-0.15, -0.1) is 0 Å². The van der Waals surface area contributed by atoms with Gasteiger partial charge >= 0.3 is 0 Å². The molecule has 9 heteroatoms. The Morgan fingerprint density at radius 1 is 0.974 bits per heavy atom. The number of anilines is 1. The molecule has 1 fully saturated rings. The number of carbonyl (C=O) groups excluding carboxylic acids is 1.